The molecule has 2 fully saturated rings. The molecular formula is C33H48F5NO4S. The summed E-state index contributed by atoms with van der Waals surface area (Å²) in [5, 5.41) is 32.6. The fourth-order valence-electron chi connectivity index (χ4n) is 8.27. The van der Waals surface area contributed by atoms with Crippen molar-refractivity contribution >= 4 is 11.2 Å². The van der Waals surface area contributed by atoms with Crippen LogP contribution in [0.2, 0.25) is 0 Å². The van der Waals surface area contributed by atoms with E-state index in [0.717, 1.165) is 61.8 Å². The second-order valence-corrected chi connectivity index (χ2v) is 15.3. The molecule has 5 nitrogen and oxygen atoms in total. The molecule has 44 heavy (non-hydrogen) atoms. The Kier molecular flexibility index (Phi) is 11.4. The highest BCUT2D eigenvalue weighted by Gasteiger charge is 2.58. The van der Waals surface area contributed by atoms with E-state index in [-0.39, 0.29) is 46.3 Å². The minimum absolute atomic E-state index is 0.0146. The molecule has 4 unspecified atom stereocenters. The van der Waals surface area contributed by atoms with Gasteiger partial charge in [0.2, 0.25) is 0 Å². The average Bonchev–Trinajstić information content (AvgIpc) is 3.17. The first kappa shape index (κ1) is 35.5. The van der Waals surface area contributed by atoms with E-state index in [2.05, 4.69) is 18.4 Å². The molecule has 1 aromatic carbocycles. The van der Waals surface area contributed by atoms with Crippen LogP contribution in [0.3, 0.4) is 0 Å². The van der Waals surface area contributed by atoms with Crippen molar-refractivity contribution in [2.45, 2.75) is 101 Å². The fourth-order valence-corrected chi connectivity index (χ4v) is 9.39. The first-order chi connectivity index (χ1) is 20.6. The van der Waals surface area contributed by atoms with Gasteiger partial charge in [-0.25, -0.2) is 0 Å². The number of phenolic OH excluding ortho intramolecular Hbond substituents is 1. The van der Waals surface area contributed by atoms with Gasteiger partial charge >= 0.3 is 12.1 Å². The van der Waals surface area contributed by atoms with Crippen LogP contribution in [0.4, 0.5) is 22.0 Å². The van der Waals surface area contributed by atoms with Crippen molar-refractivity contribution in [1.29, 1.82) is 0 Å². The van der Waals surface area contributed by atoms with E-state index in [4.69, 9.17) is 0 Å². The number of unbranched alkanes of at least 4 members (excludes halogenated alkanes) is 2. The molecule has 0 amide bonds. The van der Waals surface area contributed by atoms with E-state index in [1.165, 1.54) is 0 Å². The van der Waals surface area contributed by atoms with Crippen molar-refractivity contribution < 1.29 is 41.8 Å². The molecule has 1 aromatic rings. The van der Waals surface area contributed by atoms with E-state index in [0.29, 0.717) is 19.4 Å². The fraction of sp³-hybridized carbons (Fsp3) is 0.758. The molecule has 0 spiro atoms. The number of nitrogens with zero attached hydrogens (tertiary/aromatic N) is 1. The van der Waals surface area contributed by atoms with Crippen LogP contribution in [-0.4, -0.2) is 74.6 Å². The van der Waals surface area contributed by atoms with Gasteiger partial charge in [-0.3, -0.25) is 0 Å². The lowest BCUT2D eigenvalue weighted by Gasteiger charge is -2.53. The number of fused-ring (bicyclic) bond motifs is 5. The third-order valence-corrected chi connectivity index (χ3v) is 12.3. The maximum Gasteiger partial charge on any atom is 0.453 e. The molecule has 0 heterocycles. The van der Waals surface area contributed by atoms with Gasteiger partial charge in [0.25, 0.3) is 0 Å². The highest BCUT2D eigenvalue weighted by Crippen LogP contribution is 2.65. The topological polar surface area (TPSA) is 87.0 Å². The third-order valence-electron chi connectivity index (χ3n) is 10.8. The van der Waals surface area contributed by atoms with Crippen LogP contribution >= 0.6 is 0 Å². The molecule has 3 N–H and O–H groups in total. The Morgan fingerprint density at radius 1 is 1.02 bits per heavy atom. The second-order valence-electron chi connectivity index (χ2n) is 13.6. The first-order valence-electron chi connectivity index (χ1n) is 15.9. The van der Waals surface area contributed by atoms with Crippen LogP contribution in [0.1, 0.15) is 94.3 Å². The van der Waals surface area contributed by atoms with Gasteiger partial charge in [-0.2, -0.15) is 22.0 Å². The minimum Gasteiger partial charge on any atom is -0.616 e. The summed E-state index contributed by atoms with van der Waals surface area (Å²) in [6, 6.07) is 5.37. The quantitative estimate of drug-likeness (QED) is 0.0867. The van der Waals surface area contributed by atoms with Gasteiger partial charge in [-0.1, -0.05) is 43.6 Å². The normalized spacial score (nSPS) is 31.1. The monoisotopic (exact) mass is 649 g/mol. The van der Waals surface area contributed by atoms with Gasteiger partial charge in [0.15, 0.2) is 0 Å². The van der Waals surface area contributed by atoms with Crippen LogP contribution in [0.25, 0.3) is 0 Å². The summed E-state index contributed by atoms with van der Waals surface area (Å²) in [4.78, 5) is 2.11. The zero-order chi connectivity index (χ0) is 32.4. The molecule has 0 bridgehead atoms. The highest BCUT2D eigenvalue weighted by molar-refractivity contribution is 7.91. The maximum atomic E-state index is 13.0. The van der Waals surface area contributed by atoms with Crippen LogP contribution in [0.5, 0.6) is 5.75 Å². The number of halogens is 5. The van der Waals surface area contributed by atoms with Gasteiger partial charge in [-0.05, 0) is 110 Å². The number of aliphatic hydroxyl groups is 2. The predicted octanol–water partition coefficient (Wildman–Crippen LogP) is 7.10. The molecule has 3 aliphatic rings. The molecule has 0 aromatic heterocycles. The number of alkyl halides is 5. The van der Waals surface area contributed by atoms with Gasteiger partial charge in [0.05, 0.1) is 12.2 Å². The van der Waals surface area contributed by atoms with E-state index >= 15 is 0 Å². The number of hydrogen-bond acceptors (Lipinski definition) is 5. The maximum absolute atomic E-state index is 13.0. The number of phenols is 1. The van der Waals surface area contributed by atoms with Crippen molar-refractivity contribution in [2.24, 2.45) is 23.2 Å². The SMILES string of the molecule is C=C1[C@H](O)CC2C3C(CC[C@]12C)c1ccc(O)cc1[C@@H](O)[C@H]3CCCCCN(C)CCC[S+]([O-])CCCC(F)(F)C(F)(F)F. The van der Waals surface area contributed by atoms with E-state index in [1.807, 2.05) is 13.1 Å². The lowest BCUT2D eigenvalue weighted by molar-refractivity contribution is -0.284. The van der Waals surface area contributed by atoms with Crippen LogP contribution in [-0.2, 0) is 11.2 Å². The number of aliphatic hydroxyl groups excluding tert-OH is 2. The zero-order valence-corrected chi connectivity index (χ0v) is 26.6. The lowest BCUT2D eigenvalue weighted by Crippen LogP contribution is -2.45. The van der Waals surface area contributed by atoms with Gasteiger partial charge in [-0.15, -0.1) is 0 Å². The van der Waals surface area contributed by atoms with E-state index in [1.54, 1.807) is 12.1 Å². The molecule has 8 atom stereocenters. The van der Waals surface area contributed by atoms with Gasteiger partial charge in [0, 0.05) is 19.4 Å². The Morgan fingerprint density at radius 3 is 2.41 bits per heavy atom. The summed E-state index contributed by atoms with van der Waals surface area (Å²) < 4.78 is 74.9. The van der Waals surface area contributed by atoms with Crippen LogP contribution < -0.4 is 0 Å². The summed E-state index contributed by atoms with van der Waals surface area (Å²) in [6.45, 7) is 7.95. The largest absolute Gasteiger partial charge is 0.616 e. The molecule has 250 valence electrons. The molecule has 3 aliphatic carbocycles. The summed E-state index contributed by atoms with van der Waals surface area (Å²) in [5.74, 6) is -3.74. The van der Waals surface area contributed by atoms with Crippen molar-refractivity contribution in [1.82, 2.24) is 4.90 Å². The second kappa shape index (κ2) is 14.2. The van der Waals surface area contributed by atoms with Crippen LogP contribution in [0, 0.1) is 23.2 Å². The molecule has 0 aliphatic heterocycles. The van der Waals surface area contributed by atoms with Crippen molar-refractivity contribution in [3.05, 3.63) is 41.5 Å². The number of rotatable bonds is 14. The Balaban J connectivity index is 1.23. The molecule has 0 saturated heterocycles. The summed E-state index contributed by atoms with van der Waals surface area (Å²) >= 11 is -1.43. The molecule has 2 saturated carbocycles. The van der Waals surface area contributed by atoms with Gasteiger partial charge in [0.1, 0.15) is 17.3 Å². The molecule has 4 rings (SSSR count). The Hall–Kier alpha value is -1.40. The van der Waals surface area contributed by atoms with Gasteiger partial charge < -0.3 is 24.8 Å². The summed E-state index contributed by atoms with van der Waals surface area (Å²) in [6.07, 6.45) is -1.76. The number of aromatic hydroxyl groups is 1. The van der Waals surface area contributed by atoms with E-state index in [9.17, 15) is 41.8 Å². The molecule has 0 radical (unpaired) electrons. The Morgan fingerprint density at radius 2 is 1.70 bits per heavy atom. The Bertz CT molecular complexity index is 1140. The summed E-state index contributed by atoms with van der Waals surface area (Å²) in [5.41, 5.74) is 2.71. The minimum atomic E-state index is -5.57. The molecule has 11 heteroatoms. The third kappa shape index (κ3) is 7.59. The first-order valence-corrected chi connectivity index (χ1v) is 17.4. The molecular weight excluding hydrogens is 601 g/mol. The van der Waals surface area contributed by atoms with Crippen molar-refractivity contribution in [3.8, 4) is 5.75 Å². The lowest BCUT2D eigenvalue weighted by atomic mass is 9.51. The average molecular weight is 650 g/mol. The smallest absolute Gasteiger partial charge is 0.453 e. The highest BCUT2D eigenvalue weighted by atomic mass is 32.2. The van der Waals surface area contributed by atoms with E-state index < -0.39 is 48.3 Å². The number of hydrogen-bond donors (Lipinski definition) is 3. The number of benzene rings is 1. The standard InChI is InChI=1S/C33H48F5NO4S/c1-21-28(41)20-27-29-24(12-14-31(21,27)2)23-11-10-22(40)19-26(23)30(42)25(29)9-5-4-6-15-39(3)16-8-18-44(43)17-7-13-32(34,35)33(36,37)38/h10-11,19,24-25,27-30,40-42H,1,4-9,12-18,20H2,2-3H3/t24?,25-,27?,28+,29?,30-,31+,44?/m0/s1. The predicted molar refractivity (Wildman–Crippen MR) is 162 cm³/mol. The van der Waals surface area contributed by atoms with Crippen LogP contribution in [0.15, 0.2) is 30.4 Å². The zero-order valence-electron chi connectivity index (χ0n) is 25.8. The van der Waals surface area contributed by atoms with Crippen molar-refractivity contribution in [2.75, 3.05) is 31.6 Å². The Labute approximate surface area is 261 Å². The summed E-state index contributed by atoms with van der Waals surface area (Å²) in [7, 11) is 1.95. The van der Waals surface area contributed by atoms with Crippen molar-refractivity contribution in [3.63, 3.8) is 0 Å².